The maximum absolute atomic E-state index is 2.27. The van der Waals surface area contributed by atoms with Gasteiger partial charge >= 0.3 is 0 Å². The average Bonchev–Trinajstić information content (AvgIpc) is 3.02. The van der Waals surface area contributed by atoms with Gasteiger partial charge in [-0.25, -0.2) is 0 Å². The average molecular weight is 276 g/mol. The molecule has 0 unspecified atom stereocenters. The first-order valence-corrected chi connectivity index (χ1v) is 8.05. The monoisotopic (exact) mass is 276 g/mol. The van der Waals surface area contributed by atoms with Gasteiger partial charge in [0.1, 0.15) is 0 Å². The summed E-state index contributed by atoms with van der Waals surface area (Å²) in [7, 11) is 0. The highest BCUT2D eigenvalue weighted by molar-refractivity contribution is 7.14. The van der Waals surface area contributed by atoms with Crippen molar-refractivity contribution in [2.45, 2.75) is 12.8 Å². The highest BCUT2D eigenvalue weighted by atomic mass is 32.1. The predicted molar refractivity (Wildman–Crippen MR) is 78.6 cm³/mol. The normalized spacial score (nSPS) is 11.2. The van der Waals surface area contributed by atoms with Crippen LogP contribution in [-0.4, -0.2) is 0 Å². The van der Waals surface area contributed by atoms with Gasteiger partial charge in [-0.15, -0.1) is 34.0 Å². The smallest absolute Gasteiger partial charge is 0.0621 e. The van der Waals surface area contributed by atoms with Gasteiger partial charge in [0.2, 0.25) is 0 Å². The van der Waals surface area contributed by atoms with Crippen molar-refractivity contribution in [2.75, 3.05) is 0 Å². The summed E-state index contributed by atoms with van der Waals surface area (Å²) in [4.78, 5) is 5.72. The minimum absolute atomic E-state index is 0.439. The zero-order valence-electron chi connectivity index (χ0n) is 9.42. The molecular weight excluding hydrogens is 264 g/mol. The molecule has 0 bridgehead atoms. The van der Waals surface area contributed by atoms with E-state index in [1.54, 1.807) is 0 Å². The van der Waals surface area contributed by atoms with Gasteiger partial charge in [-0.1, -0.05) is 12.1 Å². The number of rotatable bonds is 3. The van der Waals surface area contributed by atoms with E-state index in [0.717, 1.165) is 0 Å². The van der Waals surface area contributed by atoms with Crippen LogP contribution in [0.2, 0.25) is 0 Å². The molecular formula is C14H12S3. The van der Waals surface area contributed by atoms with E-state index in [2.05, 4.69) is 54.1 Å². The van der Waals surface area contributed by atoms with E-state index >= 15 is 0 Å². The van der Waals surface area contributed by atoms with Crippen molar-refractivity contribution in [3.8, 4) is 0 Å². The van der Waals surface area contributed by atoms with Crippen LogP contribution in [0.5, 0.6) is 0 Å². The fourth-order valence-electron chi connectivity index (χ4n) is 1.94. The van der Waals surface area contributed by atoms with Crippen molar-refractivity contribution >= 4 is 34.0 Å². The lowest BCUT2D eigenvalue weighted by molar-refractivity contribution is 1.07. The van der Waals surface area contributed by atoms with Gasteiger partial charge in [0.25, 0.3) is 0 Å². The fraction of sp³-hybridized carbons (Fsp3) is 0.143. The molecule has 0 aliphatic carbocycles. The first-order valence-electron chi connectivity index (χ1n) is 5.48. The quantitative estimate of drug-likeness (QED) is 0.604. The Labute approximate surface area is 113 Å². The largest absolute Gasteiger partial charge is 0.148 e. The van der Waals surface area contributed by atoms with E-state index < -0.39 is 0 Å². The number of thiophene rings is 3. The zero-order valence-corrected chi connectivity index (χ0v) is 11.9. The Kier molecular flexibility index (Phi) is 3.14. The molecule has 3 aromatic heterocycles. The van der Waals surface area contributed by atoms with Crippen molar-refractivity contribution in [1.82, 2.24) is 0 Å². The molecule has 0 nitrogen and oxygen atoms in total. The SMILES string of the molecule is Cc1ccc(C(c2cccs2)c2cccs2)s1. The zero-order chi connectivity index (χ0) is 11.7. The van der Waals surface area contributed by atoms with Gasteiger partial charge in [0.15, 0.2) is 0 Å². The highest BCUT2D eigenvalue weighted by Crippen LogP contribution is 2.39. The Morgan fingerprint density at radius 1 is 0.824 bits per heavy atom. The molecule has 17 heavy (non-hydrogen) atoms. The van der Waals surface area contributed by atoms with Crippen LogP contribution < -0.4 is 0 Å². The molecule has 0 spiro atoms. The second-order valence-electron chi connectivity index (χ2n) is 3.91. The summed E-state index contributed by atoms with van der Waals surface area (Å²) in [6.07, 6.45) is 0. The number of hydrogen-bond donors (Lipinski definition) is 0. The van der Waals surface area contributed by atoms with Crippen LogP contribution in [0.1, 0.15) is 25.4 Å². The Hall–Kier alpha value is -0.900. The lowest BCUT2D eigenvalue weighted by Crippen LogP contribution is -1.95. The molecule has 0 radical (unpaired) electrons. The highest BCUT2D eigenvalue weighted by Gasteiger charge is 2.19. The van der Waals surface area contributed by atoms with Crippen LogP contribution in [0.25, 0.3) is 0 Å². The first-order chi connectivity index (χ1) is 8.34. The summed E-state index contributed by atoms with van der Waals surface area (Å²) in [6, 6.07) is 13.2. The second-order valence-corrected chi connectivity index (χ2v) is 7.19. The summed E-state index contributed by atoms with van der Waals surface area (Å²) in [5.74, 6) is 0.439. The summed E-state index contributed by atoms with van der Waals surface area (Å²) in [5, 5.41) is 4.33. The third kappa shape index (κ3) is 2.23. The van der Waals surface area contributed by atoms with Gasteiger partial charge in [-0.05, 0) is 41.9 Å². The molecule has 3 heteroatoms. The van der Waals surface area contributed by atoms with Crippen molar-refractivity contribution in [3.63, 3.8) is 0 Å². The number of aryl methyl sites for hydroxylation is 1. The lowest BCUT2D eigenvalue weighted by atomic mass is 10.0. The van der Waals surface area contributed by atoms with Crippen LogP contribution in [0.15, 0.2) is 47.2 Å². The third-order valence-corrected chi connectivity index (χ3v) is 5.64. The van der Waals surface area contributed by atoms with Gasteiger partial charge in [0.05, 0.1) is 5.92 Å². The maximum Gasteiger partial charge on any atom is 0.0621 e. The van der Waals surface area contributed by atoms with Crippen LogP contribution in [0, 0.1) is 6.92 Å². The van der Waals surface area contributed by atoms with Gasteiger partial charge in [-0.2, -0.15) is 0 Å². The molecule has 0 amide bonds. The van der Waals surface area contributed by atoms with E-state index in [4.69, 9.17) is 0 Å². The van der Waals surface area contributed by atoms with E-state index in [0.29, 0.717) is 5.92 Å². The molecule has 0 atom stereocenters. The summed E-state index contributed by atoms with van der Waals surface area (Å²) >= 11 is 5.60. The molecule has 3 aromatic rings. The van der Waals surface area contributed by atoms with Gasteiger partial charge in [0, 0.05) is 19.5 Å². The molecule has 0 aliphatic heterocycles. The minimum atomic E-state index is 0.439. The summed E-state index contributed by atoms with van der Waals surface area (Å²) in [5.41, 5.74) is 0. The van der Waals surface area contributed by atoms with Crippen LogP contribution in [-0.2, 0) is 0 Å². The second kappa shape index (κ2) is 4.77. The predicted octanol–water partition coefficient (Wildman–Crippen LogP) is 5.36. The molecule has 0 saturated carbocycles. The Balaban J connectivity index is 2.09. The Morgan fingerprint density at radius 2 is 1.47 bits per heavy atom. The first kappa shape index (κ1) is 11.2. The van der Waals surface area contributed by atoms with Crippen LogP contribution >= 0.6 is 34.0 Å². The molecule has 0 aliphatic rings. The molecule has 0 N–H and O–H groups in total. The molecule has 3 rings (SSSR count). The van der Waals surface area contributed by atoms with Gasteiger partial charge < -0.3 is 0 Å². The Morgan fingerprint density at radius 3 is 1.88 bits per heavy atom. The fourth-order valence-corrected chi connectivity index (χ4v) is 4.90. The molecule has 0 aromatic carbocycles. The molecule has 0 saturated heterocycles. The maximum atomic E-state index is 2.27. The molecule has 86 valence electrons. The van der Waals surface area contributed by atoms with Crippen molar-refractivity contribution in [2.24, 2.45) is 0 Å². The molecule has 3 heterocycles. The standard InChI is InChI=1S/C14H12S3/c1-10-6-7-13(17-10)14(11-4-2-8-15-11)12-5-3-9-16-12/h2-9,14H,1H3. The van der Waals surface area contributed by atoms with Crippen LogP contribution in [0.4, 0.5) is 0 Å². The van der Waals surface area contributed by atoms with Crippen molar-refractivity contribution in [1.29, 1.82) is 0 Å². The van der Waals surface area contributed by atoms with Crippen LogP contribution in [0.3, 0.4) is 0 Å². The Bertz CT molecular complexity index is 539. The van der Waals surface area contributed by atoms with E-state index in [1.165, 1.54) is 19.5 Å². The van der Waals surface area contributed by atoms with Crippen molar-refractivity contribution < 1.29 is 0 Å². The third-order valence-electron chi connectivity index (χ3n) is 2.70. The molecule has 0 fully saturated rings. The van der Waals surface area contributed by atoms with Crippen molar-refractivity contribution in [3.05, 3.63) is 66.7 Å². The lowest BCUT2D eigenvalue weighted by Gasteiger charge is -2.11. The summed E-state index contributed by atoms with van der Waals surface area (Å²) < 4.78 is 0. The minimum Gasteiger partial charge on any atom is -0.148 e. The van der Waals surface area contributed by atoms with E-state index in [9.17, 15) is 0 Å². The summed E-state index contributed by atoms with van der Waals surface area (Å²) in [6.45, 7) is 2.17. The number of hydrogen-bond acceptors (Lipinski definition) is 3. The van der Waals surface area contributed by atoms with E-state index in [-0.39, 0.29) is 0 Å². The van der Waals surface area contributed by atoms with Gasteiger partial charge in [-0.3, -0.25) is 0 Å². The van der Waals surface area contributed by atoms with E-state index in [1.807, 2.05) is 34.0 Å². The topological polar surface area (TPSA) is 0 Å².